The third kappa shape index (κ3) is 7.26. The molecule has 28 heavy (non-hydrogen) atoms. The van der Waals surface area contributed by atoms with Gasteiger partial charge in [-0.05, 0) is 18.0 Å². The molecule has 0 saturated heterocycles. The van der Waals surface area contributed by atoms with Gasteiger partial charge >= 0.3 is 0 Å². The summed E-state index contributed by atoms with van der Waals surface area (Å²) in [5, 5.41) is 14.1. The number of carbonyl (C=O) groups is 1. The molecule has 0 aliphatic rings. The van der Waals surface area contributed by atoms with E-state index in [0.29, 0.717) is 23.7 Å². The third-order valence-corrected chi connectivity index (χ3v) is 3.41. The van der Waals surface area contributed by atoms with E-state index in [1.165, 1.54) is 27.5 Å². The van der Waals surface area contributed by atoms with Crippen LogP contribution in [0, 0.1) is 5.92 Å². The monoisotopic (exact) mass is 392 g/mol. The van der Waals surface area contributed by atoms with Crippen molar-refractivity contribution in [3.05, 3.63) is 35.4 Å². The summed E-state index contributed by atoms with van der Waals surface area (Å²) in [5.74, 6) is 0.149. The minimum absolute atomic E-state index is 0.141. The summed E-state index contributed by atoms with van der Waals surface area (Å²) in [4.78, 5) is 27.2. The van der Waals surface area contributed by atoms with E-state index >= 15 is 0 Å². The molecule has 1 unspecified atom stereocenters. The average Bonchev–Trinajstić information content (AvgIpc) is 2.69. The molecule has 9 nitrogen and oxygen atoms in total. The fraction of sp³-hybridized carbons (Fsp3) is 0.474. The van der Waals surface area contributed by atoms with Crippen LogP contribution in [0.3, 0.4) is 0 Å². The number of nitrogens with zero attached hydrogens (tertiary/aromatic N) is 3. The number of amides is 1. The molecule has 154 valence electrons. The van der Waals surface area contributed by atoms with Crippen LogP contribution >= 0.6 is 0 Å². The van der Waals surface area contributed by atoms with Gasteiger partial charge in [-0.3, -0.25) is 4.79 Å². The van der Waals surface area contributed by atoms with E-state index in [-0.39, 0.29) is 17.5 Å². The smallest absolute Gasteiger partial charge is 0.273 e. The van der Waals surface area contributed by atoms with E-state index in [1.54, 1.807) is 19.1 Å². The zero-order valence-corrected chi connectivity index (χ0v) is 17.1. The van der Waals surface area contributed by atoms with Crippen molar-refractivity contribution in [1.29, 1.82) is 0 Å². The molecule has 0 fully saturated rings. The van der Waals surface area contributed by atoms with Gasteiger partial charge in [0.15, 0.2) is 5.71 Å². The van der Waals surface area contributed by atoms with Gasteiger partial charge in [-0.2, -0.15) is 0 Å². The molecule has 0 aliphatic carbocycles. The third-order valence-electron chi connectivity index (χ3n) is 3.41. The van der Waals surface area contributed by atoms with Gasteiger partial charge < -0.3 is 24.6 Å². The van der Waals surface area contributed by atoms with Gasteiger partial charge in [-0.15, -0.1) is 0 Å². The summed E-state index contributed by atoms with van der Waals surface area (Å²) < 4.78 is 5.48. The molecular formula is C19H28N4O5. The molecule has 0 aromatic heterocycles. The molecule has 0 saturated carbocycles. The average molecular weight is 392 g/mol. The molecule has 0 radical (unpaired) electrons. The Balaban J connectivity index is 2.98. The lowest BCUT2D eigenvalue weighted by Gasteiger charge is -2.15. The molecule has 1 amide bonds. The number of benzene rings is 1. The largest absolute Gasteiger partial charge is 0.474 e. The van der Waals surface area contributed by atoms with E-state index in [2.05, 4.69) is 20.8 Å². The number of rotatable bonds is 10. The lowest BCUT2D eigenvalue weighted by atomic mass is 9.99. The Kier molecular flexibility index (Phi) is 10.1. The first-order chi connectivity index (χ1) is 13.4. The lowest BCUT2D eigenvalue weighted by Crippen LogP contribution is -2.29. The summed E-state index contributed by atoms with van der Waals surface area (Å²) in [6, 6.07) is 7.21. The molecule has 1 aromatic carbocycles. The highest BCUT2D eigenvalue weighted by Crippen LogP contribution is 2.22. The van der Waals surface area contributed by atoms with Gasteiger partial charge in [0.25, 0.3) is 11.8 Å². The molecule has 0 spiro atoms. The first kappa shape index (κ1) is 22.9. The van der Waals surface area contributed by atoms with Crippen LogP contribution < -0.4 is 5.32 Å². The van der Waals surface area contributed by atoms with Crippen molar-refractivity contribution in [1.82, 2.24) is 5.32 Å². The molecule has 1 rings (SSSR count). The minimum Gasteiger partial charge on any atom is -0.474 e. The van der Waals surface area contributed by atoms with Crippen LogP contribution in [0.2, 0.25) is 0 Å². The Bertz CT molecular complexity index is 716. The van der Waals surface area contributed by atoms with Crippen LogP contribution in [0.4, 0.5) is 0 Å². The second-order valence-electron chi connectivity index (χ2n) is 6.09. The first-order valence-corrected chi connectivity index (χ1v) is 8.80. The predicted molar refractivity (Wildman–Crippen MR) is 107 cm³/mol. The van der Waals surface area contributed by atoms with Crippen molar-refractivity contribution >= 4 is 23.7 Å². The van der Waals surface area contributed by atoms with Gasteiger partial charge in [0.2, 0.25) is 0 Å². The van der Waals surface area contributed by atoms with Crippen molar-refractivity contribution in [2.75, 3.05) is 27.9 Å². The van der Waals surface area contributed by atoms with Gasteiger partial charge in [-0.25, -0.2) is 0 Å². The van der Waals surface area contributed by atoms with Crippen molar-refractivity contribution in [2.45, 2.75) is 26.9 Å². The molecule has 9 heteroatoms. The van der Waals surface area contributed by atoms with Crippen LogP contribution in [0.1, 0.15) is 38.0 Å². The Hall–Kier alpha value is -3.10. The van der Waals surface area contributed by atoms with Crippen molar-refractivity contribution in [3.8, 4) is 0 Å². The molecule has 0 bridgehead atoms. The predicted octanol–water partition coefficient (Wildman–Crippen LogP) is 2.48. The Morgan fingerprint density at radius 1 is 1.14 bits per heavy atom. The number of ether oxygens (including phenoxy) is 1. The van der Waals surface area contributed by atoms with Crippen LogP contribution in [0.15, 0.2) is 39.7 Å². The standard InChI is InChI=1S/C19H28N4O5/c1-13(2)12-27-17(22-25-5)11-21-28-14(3)15-9-7-8-10-16(15)18(23-26-6)19(24)20-4/h7-11,13-14H,12H2,1-6H3,(H,20,24)/b21-11+,22-17-,23-18+. The summed E-state index contributed by atoms with van der Waals surface area (Å²) in [6.45, 7) is 6.30. The van der Waals surface area contributed by atoms with Crippen molar-refractivity contribution < 1.29 is 24.0 Å². The van der Waals surface area contributed by atoms with Crippen LogP contribution in [-0.4, -0.2) is 51.6 Å². The fourth-order valence-corrected chi connectivity index (χ4v) is 2.14. The Morgan fingerprint density at radius 3 is 2.43 bits per heavy atom. The second-order valence-corrected chi connectivity index (χ2v) is 6.09. The highest BCUT2D eigenvalue weighted by atomic mass is 16.6. The number of likely N-dealkylation sites (N-methyl/N-ethyl adjacent to an activating group) is 1. The Labute approximate surface area is 165 Å². The van der Waals surface area contributed by atoms with E-state index in [0.717, 1.165) is 0 Å². The SMILES string of the molecule is CNC(=O)/C(=N/OC)c1ccccc1C(C)O/N=C/C(=N/OC)OCC(C)C. The molecule has 0 aliphatic heterocycles. The quantitative estimate of drug-likeness (QED) is 0.374. The lowest BCUT2D eigenvalue weighted by molar-refractivity contribution is -0.114. The van der Waals surface area contributed by atoms with Gasteiger partial charge in [0, 0.05) is 18.2 Å². The molecule has 0 heterocycles. The van der Waals surface area contributed by atoms with E-state index in [4.69, 9.17) is 19.2 Å². The number of nitrogens with one attached hydrogen (secondary N) is 1. The maximum atomic E-state index is 12.1. The molecule has 1 aromatic rings. The highest BCUT2D eigenvalue weighted by molar-refractivity contribution is 6.45. The summed E-state index contributed by atoms with van der Waals surface area (Å²) in [7, 11) is 4.32. The minimum atomic E-state index is -0.479. The van der Waals surface area contributed by atoms with Gasteiger partial charge in [0.1, 0.15) is 26.5 Å². The maximum absolute atomic E-state index is 12.1. The topological polar surface area (TPSA) is 103 Å². The van der Waals surface area contributed by atoms with Crippen LogP contribution in [0.25, 0.3) is 0 Å². The van der Waals surface area contributed by atoms with E-state index < -0.39 is 6.10 Å². The number of carbonyl (C=O) groups excluding carboxylic acids is 1. The maximum Gasteiger partial charge on any atom is 0.273 e. The zero-order chi connectivity index (χ0) is 20.9. The molecule has 1 N–H and O–H groups in total. The zero-order valence-electron chi connectivity index (χ0n) is 17.1. The van der Waals surface area contributed by atoms with Crippen molar-refractivity contribution in [3.63, 3.8) is 0 Å². The Morgan fingerprint density at radius 2 is 1.82 bits per heavy atom. The number of hydrogen-bond donors (Lipinski definition) is 1. The van der Waals surface area contributed by atoms with Crippen LogP contribution in [0.5, 0.6) is 0 Å². The summed E-state index contributed by atoms with van der Waals surface area (Å²) in [5.41, 5.74) is 1.43. The molecule has 1 atom stereocenters. The van der Waals surface area contributed by atoms with Crippen molar-refractivity contribution in [2.24, 2.45) is 21.4 Å². The molecular weight excluding hydrogens is 364 g/mol. The fourth-order valence-electron chi connectivity index (χ4n) is 2.14. The van der Waals surface area contributed by atoms with Gasteiger partial charge in [0.05, 0.1) is 6.61 Å². The second kappa shape index (κ2) is 12.3. The summed E-state index contributed by atoms with van der Waals surface area (Å²) in [6.07, 6.45) is 0.849. The summed E-state index contributed by atoms with van der Waals surface area (Å²) >= 11 is 0. The van der Waals surface area contributed by atoms with Crippen LogP contribution in [-0.2, 0) is 24.0 Å². The van der Waals surface area contributed by atoms with E-state index in [9.17, 15) is 4.79 Å². The highest BCUT2D eigenvalue weighted by Gasteiger charge is 2.21. The number of oxime groups is 3. The first-order valence-electron chi connectivity index (χ1n) is 8.80. The number of hydrogen-bond acceptors (Lipinski definition) is 8. The normalized spacial score (nSPS) is 13.4. The van der Waals surface area contributed by atoms with E-state index in [1.807, 2.05) is 26.0 Å². The van der Waals surface area contributed by atoms with Gasteiger partial charge in [-0.1, -0.05) is 48.4 Å².